The molecule has 2 aromatic rings. The van der Waals surface area contributed by atoms with E-state index >= 15 is 0 Å². The number of nitrogens with one attached hydrogen (secondary N) is 2. The van der Waals surface area contributed by atoms with E-state index in [0.29, 0.717) is 16.4 Å². The van der Waals surface area contributed by atoms with Gasteiger partial charge >= 0.3 is 0 Å². The Hall–Kier alpha value is -1.89. The molecule has 2 rings (SSSR count). The SMILES string of the molecule is NCCC(=O)Nc1cc(Cl)ccc1NC(=O)Cc1cccs1. The first-order valence-corrected chi connectivity index (χ1v) is 7.96. The second-order valence-corrected chi connectivity index (χ2v) is 6.05. The monoisotopic (exact) mass is 337 g/mol. The normalized spacial score (nSPS) is 10.3. The fourth-order valence-corrected chi connectivity index (χ4v) is 2.71. The second-order valence-electron chi connectivity index (χ2n) is 4.58. The Morgan fingerprint density at radius 3 is 2.59 bits per heavy atom. The molecule has 116 valence electrons. The molecular formula is C15H16ClN3O2S. The van der Waals surface area contributed by atoms with Gasteiger partial charge in [0.2, 0.25) is 11.8 Å². The van der Waals surface area contributed by atoms with Crippen LogP contribution in [0.2, 0.25) is 5.02 Å². The molecule has 5 nitrogen and oxygen atoms in total. The van der Waals surface area contributed by atoms with Gasteiger partial charge in [0.1, 0.15) is 0 Å². The molecule has 0 atom stereocenters. The Morgan fingerprint density at radius 1 is 1.14 bits per heavy atom. The molecule has 0 saturated heterocycles. The molecule has 0 unspecified atom stereocenters. The summed E-state index contributed by atoms with van der Waals surface area (Å²) in [5.41, 5.74) is 6.33. The summed E-state index contributed by atoms with van der Waals surface area (Å²) < 4.78 is 0. The zero-order valence-corrected chi connectivity index (χ0v) is 13.3. The van der Waals surface area contributed by atoms with Crippen molar-refractivity contribution in [1.29, 1.82) is 0 Å². The van der Waals surface area contributed by atoms with Crippen molar-refractivity contribution < 1.29 is 9.59 Å². The van der Waals surface area contributed by atoms with Crippen LogP contribution in [0.4, 0.5) is 11.4 Å². The highest BCUT2D eigenvalue weighted by Crippen LogP contribution is 2.26. The Labute approximate surface area is 137 Å². The fraction of sp³-hybridized carbons (Fsp3) is 0.200. The second kappa shape index (κ2) is 7.93. The zero-order valence-electron chi connectivity index (χ0n) is 11.8. The van der Waals surface area contributed by atoms with Crippen molar-refractivity contribution in [2.45, 2.75) is 12.8 Å². The van der Waals surface area contributed by atoms with Crippen LogP contribution in [0.25, 0.3) is 0 Å². The number of nitrogens with two attached hydrogens (primary N) is 1. The Kier molecular flexibility index (Phi) is 5.94. The van der Waals surface area contributed by atoms with Crippen LogP contribution in [0.3, 0.4) is 0 Å². The predicted octanol–water partition coefficient (Wildman–Crippen LogP) is 2.87. The van der Waals surface area contributed by atoms with Crippen molar-refractivity contribution in [3.63, 3.8) is 0 Å². The van der Waals surface area contributed by atoms with Crippen molar-refractivity contribution in [3.8, 4) is 0 Å². The van der Waals surface area contributed by atoms with Crippen molar-refractivity contribution >= 4 is 46.1 Å². The van der Waals surface area contributed by atoms with Crippen molar-refractivity contribution in [2.75, 3.05) is 17.2 Å². The van der Waals surface area contributed by atoms with Crippen LogP contribution in [0.15, 0.2) is 35.7 Å². The molecule has 0 fully saturated rings. The number of rotatable bonds is 6. The van der Waals surface area contributed by atoms with Crippen LogP contribution >= 0.6 is 22.9 Å². The quantitative estimate of drug-likeness (QED) is 0.757. The van der Waals surface area contributed by atoms with Gasteiger partial charge in [0, 0.05) is 22.9 Å². The Morgan fingerprint density at radius 2 is 1.91 bits per heavy atom. The van der Waals surface area contributed by atoms with Crippen LogP contribution in [0.5, 0.6) is 0 Å². The lowest BCUT2D eigenvalue weighted by Crippen LogP contribution is -2.19. The number of hydrogen-bond acceptors (Lipinski definition) is 4. The van der Waals surface area contributed by atoms with E-state index in [1.807, 2.05) is 17.5 Å². The molecule has 0 aliphatic carbocycles. The maximum atomic E-state index is 12.1. The number of carbonyl (C=O) groups excluding carboxylic acids is 2. The van der Waals surface area contributed by atoms with E-state index in [2.05, 4.69) is 10.6 Å². The molecule has 1 heterocycles. The minimum atomic E-state index is -0.224. The number of thiophene rings is 1. The van der Waals surface area contributed by atoms with Crippen LogP contribution in [0.1, 0.15) is 11.3 Å². The van der Waals surface area contributed by atoms with Crippen LogP contribution in [0, 0.1) is 0 Å². The largest absolute Gasteiger partial charge is 0.330 e. The summed E-state index contributed by atoms with van der Waals surface area (Å²) in [4.78, 5) is 24.7. The molecule has 0 saturated carbocycles. The first-order valence-electron chi connectivity index (χ1n) is 6.70. The molecule has 0 bridgehead atoms. The molecule has 4 N–H and O–H groups in total. The van der Waals surface area contributed by atoms with E-state index in [1.165, 1.54) is 11.3 Å². The summed E-state index contributed by atoms with van der Waals surface area (Å²) in [5, 5.41) is 7.88. The fourth-order valence-electron chi connectivity index (χ4n) is 1.84. The molecule has 2 amide bonds. The third-order valence-electron chi connectivity index (χ3n) is 2.82. The van der Waals surface area contributed by atoms with E-state index in [1.54, 1.807) is 18.2 Å². The van der Waals surface area contributed by atoms with Gasteiger partial charge in [0.15, 0.2) is 0 Å². The van der Waals surface area contributed by atoms with Gasteiger partial charge < -0.3 is 16.4 Å². The summed E-state index contributed by atoms with van der Waals surface area (Å²) in [6, 6.07) is 8.70. The molecule has 0 aliphatic rings. The van der Waals surface area contributed by atoms with Crippen molar-refractivity contribution in [3.05, 3.63) is 45.6 Å². The predicted molar refractivity (Wildman–Crippen MR) is 90.4 cm³/mol. The highest BCUT2D eigenvalue weighted by Gasteiger charge is 2.11. The minimum Gasteiger partial charge on any atom is -0.330 e. The number of amides is 2. The number of halogens is 1. The van der Waals surface area contributed by atoms with Crippen LogP contribution < -0.4 is 16.4 Å². The van der Waals surface area contributed by atoms with Gasteiger partial charge in [0.25, 0.3) is 0 Å². The Bertz CT molecular complexity index is 659. The van der Waals surface area contributed by atoms with Crippen LogP contribution in [-0.4, -0.2) is 18.4 Å². The highest BCUT2D eigenvalue weighted by molar-refractivity contribution is 7.10. The Balaban J connectivity index is 2.09. The summed E-state index contributed by atoms with van der Waals surface area (Å²) in [5.74, 6) is -0.377. The lowest BCUT2D eigenvalue weighted by atomic mass is 10.2. The van der Waals surface area contributed by atoms with Crippen LogP contribution in [-0.2, 0) is 16.0 Å². The molecule has 0 aliphatic heterocycles. The maximum absolute atomic E-state index is 12.1. The van der Waals surface area contributed by atoms with Crippen molar-refractivity contribution in [1.82, 2.24) is 0 Å². The van der Waals surface area contributed by atoms with Gasteiger partial charge in [-0.3, -0.25) is 9.59 Å². The standard InChI is InChI=1S/C15H16ClN3O2S/c16-10-3-4-12(13(8-10)19-14(20)5-6-17)18-15(21)9-11-2-1-7-22-11/h1-4,7-8H,5-6,9,17H2,(H,18,21)(H,19,20). The molecular weight excluding hydrogens is 322 g/mol. The lowest BCUT2D eigenvalue weighted by molar-refractivity contribution is -0.116. The van der Waals surface area contributed by atoms with E-state index in [9.17, 15) is 9.59 Å². The summed E-state index contributed by atoms with van der Waals surface area (Å²) in [6.07, 6.45) is 0.492. The molecule has 1 aromatic heterocycles. The summed E-state index contributed by atoms with van der Waals surface area (Å²) >= 11 is 7.46. The maximum Gasteiger partial charge on any atom is 0.229 e. The average Bonchev–Trinajstić information content (AvgIpc) is 2.95. The molecule has 7 heteroatoms. The highest BCUT2D eigenvalue weighted by atomic mass is 35.5. The third kappa shape index (κ3) is 4.84. The van der Waals surface area contributed by atoms with Gasteiger partial charge in [-0.1, -0.05) is 17.7 Å². The van der Waals surface area contributed by atoms with Crippen molar-refractivity contribution in [2.24, 2.45) is 5.73 Å². The average molecular weight is 338 g/mol. The van der Waals surface area contributed by atoms with E-state index in [-0.39, 0.29) is 31.2 Å². The van der Waals surface area contributed by atoms with Gasteiger partial charge in [-0.2, -0.15) is 0 Å². The molecule has 0 radical (unpaired) electrons. The smallest absolute Gasteiger partial charge is 0.229 e. The topological polar surface area (TPSA) is 84.2 Å². The molecule has 0 spiro atoms. The molecule has 1 aromatic carbocycles. The van der Waals surface area contributed by atoms with E-state index in [0.717, 1.165) is 4.88 Å². The first-order chi connectivity index (χ1) is 10.6. The van der Waals surface area contributed by atoms with E-state index < -0.39 is 0 Å². The third-order valence-corrected chi connectivity index (χ3v) is 3.93. The van der Waals surface area contributed by atoms with Gasteiger partial charge in [-0.05, 0) is 29.6 Å². The zero-order chi connectivity index (χ0) is 15.9. The summed E-state index contributed by atoms with van der Waals surface area (Å²) in [7, 11) is 0. The number of carbonyl (C=O) groups is 2. The van der Waals surface area contributed by atoms with Gasteiger partial charge in [0.05, 0.1) is 17.8 Å². The van der Waals surface area contributed by atoms with Gasteiger partial charge in [-0.25, -0.2) is 0 Å². The summed E-state index contributed by atoms with van der Waals surface area (Å²) in [6.45, 7) is 0.256. The minimum absolute atomic E-state index is 0.154. The molecule has 22 heavy (non-hydrogen) atoms. The number of benzene rings is 1. The van der Waals surface area contributed by atoms with Gasteiger partial charge in [-0.15, -0.1) is 11.3 Å². The number of anilines is 2. The van der Waals surface area contributed by atoms with E-state index in [4.69, 9.17) is 17.3 Å². The first kappa shape index (κ1) is 16.5. The lowest BCUT2D eigenvalue weighted by Gasteiger charge is -2.12. The number of hydrogen-bond donors (Lipinski definition) is 3.